The maximum Gasteiger partial charge on any atom is 0.0210 e. The number of halogens is 1. The molecule has 3 rings (SSSR count). The van der Waals surface area contributed by atoms with Crippen LogP contribution in [0.3, 0.4) is 0 Å². The summed E-state index contributed by atoms with van der Waals surface area (Å²) < 4.78 is 1.32. The molecule has 0 N–H and O–H groups in total. The molecule has 1 saturated carbocycles. The molecular formula is C11H11Br. The van der Waals surface area contributed by atoms with Gasteiger partial charge in [-0.05, 0) is 48.3 Å². The van der Waals surface area contributed by atoms with Gasteiger partial charge in [0.15, 0.2) is 0 Å². The SMILES string of the molecule is Brc1cccc2c1CCC21CC1. The number of hydrogen-bond acceptors (Lipinski definition) is 0. The molecule has 0 aromatic heterocycles. The average Bonchev–Trinajstić information content (AvgIpc) is 2.73. The summed E-state index contributed by atoms with van der Waals surface area (Å²) in [6.45, 7) is 0. The van der Waals surface area contributed by atoms with Crippen molar-refractivity contribution in [2.45, 2.75) is 31.1 Å². The zero-order valence-electron chi connectivity index (χ0n) is 6.94. The molecule has 1 aromatic rings. The fraction of sp³-hybridized carbons (Fsp3) is 0.455. The van der Waals surface area contributed by atoms with Crippen molar-refractivity contribution >= 4 is 15.9 Å². The van der Waals surface area contributed by atoms with Gasteiger partial charge in [-0.2, -0.15) is 0 Å². The van der Waals surface area contributed by atoms with Crippen molar-refractivity contribution in [2.75, 3.05) is 0 Å². The van der Waals surface area contributed by atoms with Crippen LogP contribution in [-0.4, -0.2) is 0 Å². The highest BCUT2D eigenvalue weighted by atomic mass is 79.9. The lowest BCUT2D eigenvalue weighted by Crippen LogP contribution is -1.98. The molecule has 0 heterocycles. The van der Waals surface area contributed by atoms with E-state index in [-0.39, 0.29) is 0 Å². The van der Waals surface area contributed by atoms with E-state index in [1.807, 2.05) is 0 Å². The van der Waals surface area contributed by atoms with Crippen molar-refractivity contribution in [3.63, 3.8) is 0 Å². The van der Waals surface area contributed by atoms with E-state index < -0.39 is 0 Å². The Morgan fingerprint density at radius 3 is 2.75 bits per heavy atom. The summed E-state index contributed by atoms with van der Waals surface area (Å²) in [6, 6.07) is 6.66. The highest BCUT2D eigenvalue weighted by Gasteiger charge is 2.48. The maximum absolute atomic E-state index is 3.63. The van der Waals surface area contributed by atoms with Crippen LogP contribution < -0.4 is 0 Å². The Labute approximate surface area is 81.1 Å². The first kappa shape index (κ1) is 7.14. The lowest BCUT2D eigenvalue weighted by molar-refractivity contribution is 0.681. The van der Waals surface area contributed by atoms with Gasteiger partial charge in [-0.3, -0.25) is 0 Å². The Balaban J connectivity index is 2.23. The third-order valence-corrected chi connectivity index (χ3v) is 4.14. The first-order valence-corrected chi connectivity index (χ1v) is 5.39. The molecule has 1 aromatic carbocycles. The molecule has 0 atom stereocenters. The van der Waals surface area contributed by atoms with Crippen LogP contribution in [0.2, 0.25) is 0 Å². The first-order chi connectivity index (χ1) is 5.82. The van der Waals surface area contributed by atoms with Gasteiger partial charge in [0.1, 0.15) is 0 Å². The summed E-state index contributed by atoms with van der Waals surface area (Å²) in [4.78, 5) is 0. The summed E-state index contributed by atoms with van der Waals surface area (Å²) >= 11 is 3.63. The number of fused-ring (bicyclic) bond motifs is 2. The van der Waals surface area contributed by atoms with E-state index in [1.54, 1.807) is 11.1 Å². The molecule has 0 bridgehead atoms. The normalized spacial score (nSPS) is 22.8. The minimum Gasteiger partial charge on any atom is -0.0608 e. The van der Waals surface area contributed by atoms with E-state index in [0.717, 1.165) is 0 Å². The second-order valence-electron chi connectivity index (χ2n) is 4.05. The molecule has 62 valence electrons. The van der Waals surface area contributed by atoms with Crippen molar-refractivity contribution in [3.05, 3.63) is 33.8 Å². The van der Waals surface area contributed by atoms with Crippen LogP contribution in [0.25, 0.3) is 0 Å². The summed E-state index contributed by atoms with van der Waals surface area (Å²) in [5.74, 6) is 0. The lowest BCUT2D eigenvalue weighted by atomic mass is 9.99. The Bertz CT molecular complexity index is 337. The van der Waals surface area contributed by atoms with Crippen LogP contribution in [0.4, 0.5) is 0 Å². The van der Waals surface area contributed by atoms with Crippen LogP contribution in [-0.2, 0) is 11.8 Å². The molecule has 12 heavy (non-hydrogen) atoms. The van der Waals surface area contributed by atoms with Crippen molar-refractivity contribution in [3.8, 4) is 0 Å². The molecule has 2 aliphatic rings. The highest BCUT2D eigenvalue weighted by molar-refractivity contribution is 9.10. The van der Waals surface area contributed by atoms with Crippen LogP contribution in [0, 0.1) is 0 Å². The van der Waals surface area contributed by atoms with Gasteiger partial charge >= 0.3 is 0 Å². The Kier molecular flexibility index (Phi) is 1.27. The smallest absolute Gasteiger partial charge is 0.0210 e. The molecule has 0 aliphatic heterocycles. The van der Waals surface area contributed by atoms with Gasteiger partial charge < -0.3 is 0 Å². The fourth-order valence-corrected chi connectivity index (χ4v) is 3.04. The molecule has 0 amide bonds. The van der Waals surface area contributed by atoms with Gasteiger partial charge in [0.25, 0.3) is 0 Å². The zero-order valence-corrected chi connectivity index (χ0v) is 8.52. The van der Waals surface area contributed by atoms with Crippen molar-refractivity contribution in [2.24, 2.45) is 0 Å². The molecule has 0 nitrogen and oxygen atoms in total. The van der Waals surface area contributed by atoms with Crippen LogP contribution in [0.5, 0.6) is 0 Å². The molecule has 1 spiro atoms. The number of benzene rings is 1. The Morgan fingerprint density at radius 2 is 2.00 bits per heavy atom. The van der Waals surface area contributed by atoms with Crippen molar-refractivity contribution in [1.82, 2.24) is 0 Å². The average molecular weight is 223 g/mol. The fourth-order valence-electron chi connectivity index (χ4n) is 2.48. The number of rotatable bonds is 0. The van der Waals surface area contributed by atoms with Crippen molar-refractivity contribution in [1.29, 1.82) is 0 Å². The molecule has 0 saturated heterocycles. The largest absolute Gasteiger partial charge is 0.0608 e. The summed E-state index contributed by atoms with van der Waals surface area (Å²) in [7, 11) is 0. The van der Waals surface area contributed by atoms with Crippen LogP contribution in [0.1, 0.15) is 30.4 Å². The quantitative estimate of drug-likeness (QED) is 0.632. The molecule has 2 aliphatic carbocycles. The molecular weight excluding hydrogens is 212 g/mol. The maximum atomic E-state index is 3.63. The predicted octanol–water partition coefficient (Wildman–Crippen LogP) is 3.43. The minimum absolute atomic E-state index is 0.638. The Morgan fingerprint density at radius 1 is 1.17 bits per heavy atom. The Hall–Kier alpha value is -0.300. The minimum atomic E-state index is 0.638. The first-order valence-electron chi connectivity index (χ1n) is 4.60. The van der Waals surface area contributed by atoms with Gasteiger partial charge in [0, 0.05) is 4.47 Å². The van der Waals surface area contributed by atoms with Crippen LogP contribution >= 0.6 is 15.9 Å². The van der Waals surface area contributed by atoms with E-state index >= 15 is 0 Å². The van der Waals surface area contributed by atoms with E-state index in [9.17, 15) is 0 Å². The lowest BCUT2D eigenvalue weighted by Gasteiger charge is -2.07. The van der Waals surface area contributed by atoms with E-state index in [2.05, 4.69) is 34.1 Å². The standard InChI is InChI=1S/C11H11Br/c12-10-3-1-2-9-8(10)4-5-11(9)6-7-11/h1-3H,4-7H2. The number of hydrogen-bond donors (Lipinski definition) is 0. The molecule has 1 heteroatoms. The highest BCUT2D eigenvalue weighted by Crippen LogP contribution is 2.57. The zero-order chi connectivity index (χ0) is 8.18. The summed E-state index contributed by atoms with van der Waals surface area (Å²) in [5.41, 5.74) is 3.85. The monoisotopic (exact) mass is 222 g/mol. The third kappa shape index (κ3) is 0.779. The molecule has 0 radical (unpaired) electrons. The second kappa shape index (κ2) is 2.14. The second-order valence-corrected chi connectivity index (χ2v) is 4.90. The molecule has 1 fully saturated rings. The molecule has 0 unspecified atom stereocenters. The predicted molar refractivity (Wildman–Crippen MR) is 53.4 cm³/mol. The van der Waals surface area contributed by atoms with Gasteiger partial charge in [-0.1, -0.05) is 28.1 Å². The van der Waals surface area contributed by atoms with Crippen LogP contribution in [0.15, 0.2) is 22.7 Å². The van der Waals surface area contributed by atoms with Gasteiger partial charge in [-0.25, -0.2) is 0 Å². The summed E-state index contributed by atoms with van der Waals surface area (Å²) in [6.07, 6.45) is 5.54. The third-order valence-electron chi connectivity index (χ3n) is 3.40. The van der Waals surface area contributed by atoms with E-state index in [0.29, 0.717) is 5.41 Å². The van der Waals surface area contributed by atoms with E-state index in [4.69, 9.17) is 0 Å². The van der Waals surface area contributed by atoms with Gasteiger partial charge in [-0.15, -0.1) is 0 Å². The van der Waals surface area contributed by atoms with Gasteiger partial charge in [0.05, 0.1) is 0 Å². The van der Waals surface area contributed by atoms with Gasteiger partial charge in [0.2, 0.25) is 0 Å². The summed E-state index contributed by atoms with van der Waals surface area (Å²) in [5, 5.41) is 0. The topological polar surface area (TPSA) is 0 Å². The van der Waals surface area contributed by atoms with Crippen molar-refractivity contribution < 1.29 is 0 Å². The van der Waals surface area contributed by atoms with E-state index in [1.165, 1.54) is 30.2 Å².